The number of hydrogen-bond acceptors (Lipinski definition) is 8. The second kappa shape index (κ2) is 5.47. The van der Waals surface area contributed by atoms with Crippen LogP contribution in [-0.2, 0) is 28.6 Å². The van der Waals surface area contributed by atoms with Crippen molar-refractivity contribution in [1.82, 2.24) is 0 Å². The summed E-state index contributed by atoms with van der Waals surface area (Å²) in [6.07, 6.45) is -3.96. The number of rotatable bonds is 3. The topological polar surface area (TPSA) is 123 Å². The quantitative estimate of drug-likeness (QED) is 0.505. The van der Waals surface area contributed by atoms with E-state index in [9.17, 15) is 24.6 Å². The molecule has 3 fully saturated rings. The smallest absolute Gasteiger partial charge is 0.303 e. The molecule has 2 bridgehead atoms. The summed E-state index contributed by atoms with van der Waals surface area (Å²) < 4.78 is 17.3. The van der Waals surface area contributed by atoms with Crippen LogP contribution in [0.3, 0.4) is 0 Å². The van der Waals surface area contributed by atoms with Gasteiger partial charge in [0.2, 0.25) is 0 Å². The van der Waals surface area contributed by atoms with Crippen molar-refractivity contribution in [2.75, 3.05) is 6.61 Å². The molecule has 0 radical (unpaired) electrons. The van der Waals surface area contributed by atoms with Crippen LogP contribution in [0, 0.1) is 10.8 Å². The van der Waals surface area contributed by atoms with Gasteiger partial charge in [0.1, 0.15) is 29.7 Å². The summed E-state index contributed by atoms with van der Waals surface area (Å²) in [5.74, 6) is -1.33. The van der Waals surface area contributed by atoms with Crippen LogP contribution in [0.5, 0.6) is 0 Å². The van der Waals surface area contributed by atoms with E-state index >= 15 is 0 Å². The lowest BCUT2D eigenvalue weighted by molar-refractivity contribution is -0.243. The summed E-state index contributed by atoms with van der Waals surface area (Å²) in [5.41, 5.74) is -3.35. The normalized spacial score (nSPS) is 50.2. The largest absolute Gasteiger partial charge is 0.457 e. The molecule has 8 heteroatoms. The average molecular weight is 380 g/mol. The van der Waals surface area contributed by atoms with Crippen LogP contribution in [-0.4, -0.2) is 70.5 Å². The van der Waals surface area contributed by atoms with Gasteiger partial charge in [-0.15, -0.1) is 0 Å². The Balaban J connectivity index is 1.95. The summed E-state index contributed by atoms with van der Waals surface area (Å²) in [5, 5.41) is 22.3. The second-order valence-corrected chi connectivity index (χ2v) is 8.41. The summed E-state index contributed by atoms with van der Waals surface area (Å²) in [6.45, 7) is 6.10. The number of carbonyl (C=O) groups is 3. The lowest BCUT2D eigenvalue weighted by atomic mass is 9.48. The van der Waals surface area contributed by atoms with Gasteiger partial charge in [-0.25, -0.2) is 0 Å². The van der Waals surface area contributed by atoms with Crippen LogP contribution in [0.15, 0.2) is 11.6 Å². The number of carbonyl (C=O) groups excluding carboxylic acids is 3. The van der Waals surface area contributed by atoms with E-state index in [1.165, 1.54) is 13.8 Å². The van der Waals surface area contributed by atoms with Crippen LogP contribution in [0.1, 0.15) is 34.1 Å². The zero-order chi connectivity index (χ0) is 19.9. The third-order valence-electron chi connectivity index (χ3n) is 7.13. The maximum atomic E-state index is 12.7. The molecule has 0 aromatic rings. The monoisotopic (exact) mass is 380 g/mol. The minimum atomic E-state index is -1.55. The minimum Gasteiger partial charge on any atom is -0.457 e. The number of Topliss-reactive ketones (excluding diaryl/α,β-unsaturated/α-hetero) is 2. The molecule has 2 heterocycles. The Morgan fingerprint density at radius 3 is 2.48 bits per heavy atom. The fourth-order valence-electron chi connectivity index (χ4n) is 5.78. The molecule has 0 aromatic carbocycles. The highest BCUT2D eigenvalue weighted by atomic mass is 16.7. The first-order chi connectivity index (χ1) is 12.5. The molecule has 2 aliphatic carbocycles. The van der Waals surface area contributed by atoms with Gasteiger partial charge in [-0.05, 0) is 25.5 Å². The van der Waals surface area contributed by atoms with Crippen molar-refractivity contribution in [1.29, 1.82) is 0 Å². The summed E-state index contributed by atoms with van der Waals surface area (Å²) in [6, 6.07) is 0. The maximum Gasteiger partial charge on any atom is 0.303 e. The molecule has 2 N–H and O–H groups in total. The van der Waals surface area contributed by atoms with Crippen LogP contribution in [0.4, 0.5) is 0 Å². The molecule has 1 saturated carbocycles. The Morgan fingerprint density at radius 2 is 1.96 bits per heavy atom. The van der Waals surface area contributed by atoms with E-state index in [1.807, 2.05) is 0 Å². The van der Waals surface area contributed by atoms with Gasteiger partial charge in [0.15, 0.2) is 11.9 Å². The Hall–Kier alpha value is -1.61. The first kappa shape index (κ1) is 18.7. The molecular weight excluding hydrogens is 356 g/mol. The molecule has 8 nitrogen and oxygen atoms in total. The van der Waals surface area contributed by atoms with Crippen LogP contribution >= 0.6 is 0 Å². The van der Waals surface area contributed by atoms with Crippen molar-refractivity contribution < 1.29 is 38.8 Å². The number of aliphatic hydroxyl groups excluding tert-OH is 2. The second-order valence-electron chi connectivity index (χ2n) is 8.41. The molecule has 2 aliphatic heterocycles. The van der Waals surface area contributed by atoms with Crippen molar-refractivity contribution >= 4 is 17.5 Å². The first-order valence-electron chi connectivity index (χ1n) is 9.08. The molecule has 4 aliphatic rings. The number of hydrogen-bond donors (Lipinski definition) is 2. The lowest BCUT2D eigenvalue weighted by Crippen LogP contribution is -2.71. The lowest BCUT2D eigenvalue weighted by Gasteiger charge is -2.59. The number of ketones is 2. The van der Waals surface area contributed by atoms with Gasteiger partial charge < -0.3 is 29.2 Å². The molecule has 3 unspecified atom stereocenters. The highest BCUT2D eigenvalue weighted by molar-refractivity contribution is 6.00. The highest BCUT2D eigenvalue weighted by Gasteiger charge is 2.87. The Kier molecular flexibility index (Phi) is 3.80. The molecular formula is C19H24O8. The van der Waals surface area contributed by atoms with Crippen LogP contribution < -0.4 is 0 Å². The van der Waals surface area contributed by atoms with Gasteiger partial charge >= 0.3 is 5.97 Å². The van der Waals surface area contributed by atoms with E-state index < -0.39 is 58.7 Å². The zero-order valence-corrected chi connectivity index (χ0v) is 15.7. The van der Waals surface area contributed by atoms with E-state index in [2.05, 4.69) is 0 Å². The summed E-state index contributed by atoms with van der Waals surface area (Å²) in [4.78, 5) is 36.5. The fraction of sp³-hybridized carbons (Fsp3) is 0.737. The average Bonchev–Trinajstić information content (AvgIpc) is 3.35. The van der Waals surface area contributed by atoms with Crippen molar-refractivity contribution in [3.63, 3.8) is 0 Å². The van der Waals surface area contributed by atoms with Crippen molar-refractivity contribution in [2.45, 2.75) is 70.2 Å². The van der Waals surface area contributed by atoms with E-state index in [0.717, 1.165) is 0 Å². The first-order valence-corrected chi connectivity index (χ1v) is 9.08. The van der Waals surface area contributed by atoms with Crippen molar-refractivity contribution in [3.05, 3.63) is 11.6 Å². The van der Waals surface area contributed by atoms with Crippen LogP contribution in [0.25, 0.3) is 0 Å². The Morgan fingerprint density at radius 1 is 1.33 bits per heavy atom. The van der Waals surface area contributed by atoms with Crippen molar-refractivity contribution in [3.8, 4) is 0 Å². The van der Waals surface area contributed by atoms with Gasteiger partial charge in [0.25, 0.3) is 0 Å². The predicted octanol–water partition coefficient (Wildman–Crippen LogP) is -0.309. The molecule has 0 amide bonds. The molecule has 148 valence electrons. The third kappa shape index (κ3) is 1.99. The van der Waals surface area contributed by atoms with Gasteiger partial charge in [-0.2, -0.15) is 0 Å². The maximum absolute atomic E-state index is 12.7. The van der Waals surface area contributed by atoms with Gasteiger partial charge in [0.05, 0.1) is 18.1 Å². The SMILES string of the molecule is CC(=O)C[C@@]12C(C=C(C)C(=O)[C@H]1O)OC1[C@H](OC(C)=O)[C@@H](O)[C@@]2(C)C12CO2. The summed E-state index contributed by atoms with van der Waals surface area (Å²) in [7, 11) is 0. The van der Waals surface area contributed by atoms with Gasteiger partial charge in [-0.3, -0.25) is 9.59 Å². The summed E-state index contributed by atoms with van der Waals surface area (Å²) >= 11 is 0. The number of epoxide rings is 1. The highest BCUT2D eigenvalue weighted by Crippen LogP contribution is 2.72. The number of aliphatic hydroxyl groups is 2. The van der Waals surface area contributed by atoms with E-state index in [1.54, 1.807) is 19.9 Å². The van der Waals surface area contributed by atoms with Gasteiger partial charge in [-0.1, -0.05) is 6.92 Å². The zero-order valence-electron chi connectivity index (χ0n) is 15.7. The Labute approximate surface area is 156 Å². The molecule has 1 spiro atoms. The van der Waals surface area contributed by atoms with Gasteiger partial charge in [0, 0.05) is 18.8 Å². The Bertz CT molecular complexity index is 768. The van der Waals surface area contributed by atoms with Crippen molar-refractivity contribution in [2.24, 2.45) is 10.8 Å². The number of esters is 1. The molecule has 2 saturated heterocycles. The third-order valence-corrected chi connectivity index (χ3v) is 7.13. The standard InChI is InChI=1S/C19H24O8/c1-8-5-11-18(6-9(2)20,14(23)12(8)22)17(4)15(24)13(26-10(3)21)16(27-11)19(17)7-25-19/h5,11,13-16,23-24H,6-7H2,1-4H3/t11?,13-,14-,15-,16?,17-,18-,19?/m1/s1. The molecule has 27 heavy (non-hydrogen) atoms. The van der Waals surface area contributed by atoms with Crippen LogP contribution in [0.2, 0.25) is 0 Å². The molecule has 0 aromatic heterocycles. The molecule has 8 atom stereocenters. The fourth-order valence-corrected chi connectivity index (χ4v) is 5.78. The predicted molar refractivity (Wildman–Crippen MR) is 89.5 cm³/mol. The number of ether oxygens (including phenoxy) is 3. The minimum absolute atomic E-state index is 0.174. The number of fused-ring (bicyclic) bond motifs is 2. The van der Waals surface area contributed by atoms with E-state index in [4.69, 9.17) is 14.2 Å². The van der Waals surface area contributed by atoms with E-state index in [-0.39, 0.29) is 18.8 Å². The molecule has 4 rings (SSSR count). The van der Waals surface area contributed by atoms with E-state index in [0.29, 0.717) is 5.57 Å².